The zero-order valence-electron chi connectivity index (χ0n) is 8.82. The Labute approximate surface area is 88.6 Å². The number of nitrogens with one attached hydrogen (secondary N) is 1. The number of anilines is 1. The van der Waals surface area contributed by atoms with Crippen LogP contribution in [-0.4, -0.2) is 36.8 Å². The van der Waals surface area contributed by atoms with Gasteiger partial charge in [-0.3, -0.25) is 0 Å². The van der Waals surface area contributed by atoms with E-state index in [1.54, 1.807) is 11.3 Å². The molecule has 1 unspecified atom stereocenters. The lowest BCUT2D eigenvalue weighted by molar-refractivity contribution is 0.251. The van der Waals surface area contributed by atoms with Crippen molar-refractivity contribution in [2.24, 2.45) is 0 Å². The molecule has 0 aliphatic heterocycles. The SMILES string of the molecule is CC(CO)NCc1cnc(N(C)C)s1. The van der Waals surface area contributed by atoms with Crippen LogP contribution in [0.4, 0.5) is 5.13 Å². The van der Waals surface area contributed by atoms with Gasteiger partial charge in [-0.2, -0.15) is 0 Å². The Morgan fingerprint density at radius 1 is 1.64 bits per heavy atom. The molecular weight excluding hydrogens is 198 g/mol. The molecule has 2 N–H and O–H groups in total. The van der Waals surface area contributed by atoms with Crippen LogP contribution < -0.4 is 10.2 Å². The number of hydrogen-bond donors (Lipinski definition) is 2. The van der Waals surface area contributed by atoms with Gasteiger partial charge in [0.2, 0.25) is 0 Å². The van der Waals surface area contributed by atoms with E-state index in [9.17, 15) is 0 Å². The second kappa shape index (κ2) is 5.29. The van der Waals surface area contributed by atoms with E-state index in [4.69, 9.17) is 5.11 Å². The summed E-state index contributed by atoms with van der Waals surface area (Å²) in [5.41, 5.74) is 0. The maximum atomic E-state index is 8.82. The molecule has 0 amide bonds. The van der Waals surface area contributed by atoms with Crippen LogP contribution >= 0.6 is 11.3 Å². The van der Waals surface area contributed by atoms with Gasteiger partial charge in [0, 0.05) is 37.8 Å². The second-order valence-electron chi connectivity index (χ2n) is 3.47. The van der Waals surface area contributed by atoms with Crippen LogP contribution in [0.2, 0.25) is 0 Å². The van der Waals surface area contributed by atoms with E-state index >= 15 is 0 Å². The minimum atomic E-state index is 0.139. The van der Waals surface area contributed by atoms with Crippen LogP contribution in [0.3, 0.4) is 0 Å². The molecule has 0 aliphatic rings. The summed E-state index contributed by atoms with van der Waals surface area (Å²) in [7, 11) is 3.96. The summed E-state index contributed by atoms with van der Waals surface area (Å²) in [6.45, 7) is 2.89. The highest BCUT2D eigenvalue weighted by molar-refractivity contribution is 7.15. The van der Waals surface area contributed by atoms with Crippen molar-refractivity contribution in [1.82, 2.24) is 10.3 Å². The van der Waals surface area contributed by atoms with Crippen LogP contribution in [0.25, 0.3) is 0 Å². The van der Waals surface area contributed by atoms with E-state index in [0.29, 0.717) is 0 Å². The van der Waals surface area contributed by atoms with Crippen LogP contribution in [0.1, 0.15) is 11.8 Å². The predicted molar refractivity (Wildman–Crippen MR) is 59.8 cm³/mol. The quantitative estimate of drug-likeness (QED) is 0.758. The lowest BCUT2D eigenvalue weighted by Crippen LogP contribution is -2.28. The minimum Gasteiger partial charge on any atom is -0.395 e. The molecule has 1 atom stereocenters. The van der Waals surface area contributed by atoms with Crippen LogP contribution in [-0.2, 0) is 6.54 Å². The molecular formula is C9H17N3OS. The first-order valence-corrected chi connectivity index (χ1v) is 5.41. The Hall–Kier alpha value is -0.650. The Kier molecular flexibility index (Phi) is 4.31. The summed E-state index contributed by atoms with van der Waals surface area (Å²) in [6.07, 6.45) is 1.87. The van der Waals surface area contributed by atoms with Crippen molar-refractivity contribution in [3.63, 3.8) is 0 Å². The fourth-order valence-electron chi connectivity index (χ4n) is 0.925. The van der Waals surface area contributed by atoms with Gasteiger partial charge in [-0.25, -0.2) is 4.98 Å². The largest absolute Gasteiger partial charge is 0.395 e. The molecule has 0 saturated heterocycles. The van der Waals surface area contributed by atoms with E-state index in [1.807, 2.05) is 32.1 Å². The molecule has 5 heteroatoms. The second-order valence-corrected chi connectivity index (χ2v) is 4.56. The number of aromatic nitrogens is 1. The Morgan fingerprint density at radius 3 is 2.86 bits per heavy atom. The van der Waals surface area contributed by atoms with Gasteiger partial charge in [0.05, 0.1) is 6.61 Å². The molecule has 0 saturated carbocycles. The van der Waals surface area contributed by atoms with E-state index in [-0.39, 0.29) is 12.6 Å². The standard InChI is InChI=1S/C9H17N3OS/c1-7(6-13)10-4-8-5-11-9(14-8)12(2)3/h5,7,10,13H,4,6H2,1-3H3. The number of thiazole rings is 1. The van der Waals surface area contributed by atoms with Gasteiger partial charge in [-0.05, 0) is 6.92 Å². The predicted octanol–water partition coefficient (Wildman–Crippen LogP) is 0.679. The average molecular weight is 215 g/mol. The third-order valence-electron chi connectivity index (χ3n) is 1.82. The van der Waals surface area contributed by atoms with Crippen molar-refractivity contribution in [1.29, 1.82) is 0 Å². The van der Waals surface area contributed by atoms with Crippen molar-refractivity contribution in [2.75, 3.05) is 25.6 Å². The molecule has 0 aliphatic carbocycles. The van der Waals surface area contributed by atoms with E-state index < -0.39 is 0 Å². The van der Waals surface area contributed by atoms with E-state index in [1.165, 1.54) is 4.88 Å². The van der Waals surface area contributed by atoms with Gasteiger partial charge in [-0.15, -0.1) is 11.3 Å². The summed E-state index contributed by atoms with van der Waals surface area (Å²) in [5.74, 6) is 0. The molecule has 14 heavy (non-hydrogen) atoms. The van der Waals surface area contributed by atoms with Gasteiger partial charge in [-0.1, -0.05) is 0 Å². The van der Waals surface area contributed by atoms with E-state index in [0.717, 1.165) is 11.7 Å². The number of aliphatic hydroxyl groups is 1. The monoisotopic (exact) mass is 215 g/mol. The third-order valence-corrected chi connectivity index (χ3v) is 2.99. The lowest BCUT2D eigenvalue weighted by Gasteiger charge is -2.08. The fraction of sp³-hybridized carbons (Fsp3) is 0.667. The highest BCUT2D eigenvalue weighted by Crippen LogP contribution is 2.19. The first kappa shape index (κ1) is 11.4. The number of aliphatic hydroxyl groups excluding tert-OH is 1. The first-order valence-electron chi connectivity index (χ1n) is 4.59. The molecule has 0 spiro atoms. The summed E-state index contributed by atoms with van der Waals surface area (Å²) < 4.78 is 0. The lowest BCUT2D eigenvalue weighted by atomic mass is 10.3. The molecule has 0 bridgehead atoms. The van der Waals surface area contributed by atoms with Crippen molar-refractivity contribution >= 4 is 16.5 Å². The molecule has 0 radical (unpaired) electrons. The zero-order chi connectivity index (χ0) is 10.6. The van der Waals surface area contributed by atoms with Crippen LogP contribution in [0.15, 0.2) is 6.20 Å². The van der Waals surface area contributed by atoms with Crippen LogP contribution in [0.5, 0.6) is 0 Å². The third kappa shape index (κ3) is 3.25. The molecule has 0 fully saturated rings. The number of hydrogen-bond acceptors (Lipinski definition) is 5. The fourth-order valence-corrected chi connectivity index (χ4v) is 1.71. The van der Waals surface area contributed by atoms with Crippen molar-refractivity contribution < 1.29 is 5.11 Å². The molecule has 1 aromatic heterocycles. The minimum absolute atomic E-state index is 0.139. The van der Waals surface area contributed by atoms with Gasteiger partial charge in [0.15, 0.2) is 5.13 Å². The Bertz CT molecular complexity index is 275. The highest BCUT2D eigenvalue weighted by Gasteiger charge is 2.04. The first-order chi connectivity index (χ1) is 6.63. The Morgan fingerprint density at radius 2 is 2.36 bits per heavy atom. The number of rotatable bonds is 5. The van der Waals surface area contributed by atoms with Gasteiger partial charge < -0.3 is 15.3 Å². The molecule has 80 valence electrons. The van der Waals surface area contributed by atoms with Crippen molar-refractivity contribution in [2.45, 2.75) is 19.5 Å². The van der Waals surface area contributed by atoms with Gasteiger partial charge in [0.25, 0.3) is 0 Å². The summed E-state index contributed by atoms with van der Waals surface area (Å²) in [4.78, 5) is 7.44. The highest BCUT2D eigenvalue weighted by atomic mass is 32.1. The molecule has 0 aromatic carbocycles. The maximum Gasteiger partial charge on any atom is 0.185 e. The summed E-state index contributed by atoms with van der Waals surface area (Å²) in [6, 6.07) is 0.139. The Balaban J connectivity index is 2.44. The van der Waals surface area contributed by atoms with E-state index in [2.05, 4.69) is 10.3 Å². The topological polar surface area (TPSA) is 48.4 Å². The molecule has 1 aromatic rings. The zero-order valence-corrected chi connectivity index (χ0v) is 9.64. The molecule has 1 rings (SSSR count). The van der Waals surface area contributed by atoms with Gasteiger partial charge >= 0.3 is 0 Å². The van der Waals surface area contributed by atoms with Crippen LogP contribution in [0, 0.1) is 0 Å². The number of nitrogens with zero attached hydrogens (tertiary/aromatic N) is 2. The average Bonchev–Trinajstić information content (AvgIpc) is 2.62. The molecule has 1 heterocycles. The van der Waals surface area contributed by atoms with Gasteiger partial charge in [0.1, 0.15) is 0 Å². The maximum absolute atomic E-state index is 8.82. The van der Waals surface area contributed by atoms with Crippen molar-refractivity contribution in [3.05, 3.63) is 11.1 Å². The normalized spacial score (nSPS) is 12.9. The smallest absolute Gasteiger partial charge is 0.185 e. The summed E-state index contributed by atoms with van der Waals surface area (Å²) in [5, 5.41) is 13.0. The molecule has 4 nitrogen and oxygen atoms in total. The summed E-state index contributed by atoms with van der Waals surface area (Å²) >= 11 is 1.66. The van der Waals surface area contributed by atoms with Crippen molar-refractivity contribution in [3.8, 4) is 0 Å².